The average molecular weight is 595 g/mol. The molecular weight excluding hydrogens is 564 g/mol. The maximum absolute atomic E-state index is 13.7. The summed E-state index contributed by atoms with van der Waals surface area (Å²) < 4.78 is 28.5. The van der Waals surface area contributed by atoms with Crippen LogP contribution in [0.4, 0.5) is 0 Å². The van der Waals surface area contributed by atoms with E-state index in [1.807, 2.05) is 0 Å². The Balaban J connectivity index is 1.60. The minimum atomic E-state index is -1.87. The number of hydrogen-bond acceptors (Lipinski definition) is 15. The highest BCUT2D eigenvalue weighted by Crippen LogP contribution is 2.38. The Labute approximate surface area is 236 Å². The number of benzene rings is 2. The Hall–Kier alpha value is -3.51. The molecule has 0 unspecified atom stereocenters. The Bertz CT molecular complexity index is 1470. The van der Waals surface area contributed by atoms with Gasteiger partial charge in [-0.1, -0.05) is 0 Å². The van der Waals surface area contributed by atoms with Crippen molar-refractivity contribution in [3.63, 3.8) is 0 Å². The molecule has 0 bridgehead atoms. The van der Waals surface area contributed by atoms with Gasteiger partial charge in [0.15, 0.2) is 18.2 Å². The fraction of sp³-hybridized carbons (Fsp3) is 0.444. The minimum absolute atomic E-state index is 0.112. The molecule has 0 amide bonds. The first-order chi connectivity index (χ1) is 19.9. The van der Waals surface area contributed by atoms with E-state index in [0.717, 1.165) is 12.1 Å². The van der Waals surface area contributed by atoms with Crippen molar-refractivity contribution in [1.82, 2.24) is 0 Å². The fourth-order valence-electron chi connectivity index (χ4n) is 4.87. The molecule has 0 spiro atoms. The topological polar surface area (TPSA) is 249 Å². The predicted octanol–water partition coefficient (Wildman–Crippen LogP) is -1.39. The van der Waals surface area contributed by atoms with Crippen molar-refractivity contribution < 1.29 is 69.3 Å². The van der Waals surface area contributed by atoms with Crippen molar-refractivity contribution in [2.45, 2.75) is 68.3 Å². The minimum Gasteiger partial charge on any atom is -0.508 e. The van der Waals surface area contributed by atoms with Gasteiger partial charge < -0.3 is 69.3 Å². The largest absolute Gasteiger partial charge is 0.508 e. The second-order valence-corrected chi connectivity index (χ2v) is 10.1. The first-order valence-electron chi connectivity index (χ1n) is 12.9. The lowest BCUT2D eigenvalue weighted by molar-refractivity contribution is -0.354. The molecule has 10 atom stereocenters. The lowest BCUT2D eigenvalue weighted by atomic mass is 9.97. The highest BCUT2D eigenvalue weighted by Gasteiger charge is 2.51. The van der Waals surface area contributed by atoms with E-state index in [1.54, 1.807) is 0 Å². The molecule has 2 fully saturated rings. The standard InChI is InChI=1S/C27H30O15/c1-9-17(32)20(35)22(37)26(38-9)42-25-21(36)18(33)15(8-28)40-27(25)41-24-19(34)16-13(31)6-12(30)7-14(16)39-23(24)10-2-4-11(29)5-3-10/h2-7,9,15,17-18,20-22,25-33,35-37H,8H2,1H3/t9-,15+,17-,18+,20+,21-,22+,25+,26-,27-/m1/s1. The predicted molar refractivity (Wildman–Crippen MR) is 139 cm³/mol. The van der Waals surface area contributed by atoms with Gasteiger partial charge >= 0.3 is 0 Å². The third-order valence-electron chi connectivity index (χ3n) is 7.21. The van der Waals surface area contributed by atoms with Gasteiger partial charge in [-0.3, -0.25) is 4.79 Å². The third kappa shape index (κ3) is 5.37. The van der Waals surface area contributed by atoms with Crippen LogP contribution in [0.2, 0.25) is 0 Å². The van der Waals surface area contributed by atoms with Gasteiger partial charge in [-0.25, -0.2) is 0 Å². The molecule has 2 aromatic carbocycles. The quantitative estimate of drug-likeness (QED) is 0.159. The van der Waals surface area contributed by atoms with Crippen molar-refractivity contribution in [3.8, 4) is 34.3 Å². The molecule has 0 aliphatic carbocycles. The third-order valence-corrected chi connectivity index (χ3v) is 7.21. The first kappa shape index (κ1) is 30.0. The van der Waals surface area contributed by atoms with E-state index in [-0.39, 0.29) is 22.7 Å². The molecule has 0 saturated carbocycles. The van der Waals surface area contributed by atoms with Crippen molar-refractivity contribution in [3.05, 3.63) is 46.6 Å². The molecular formula is C27H30O15. The number of aliphatic hydroxyl groups is 6. The number of aliphatic hydroxyl groups excluding tert-OH is 6. The van der Waals surface area contributed by atoms with Gasteiger partial charge in [-0.15, -0.1) is 0 Å². The summed E-state index contributed by atoms with van der Waals surface area (Å²) in [6.07, 6.45) is -16.3. The molecule has 2 aliphatic rings. The Morgan fingerprint density at radius 1 is 0.810 bits per heavy atom. The Kier molecular flexibility index (Phi) is 8.30. The van der Waals surface area contributed by atoms with Crippen molar-refractivity contribution in [2.24, 2.45) is 0 Å². The number of fused-ring (bicyclic) bond motifs is 1. The van der Waals surface area contributed by atoms with E-state index in [0.29, 0.717) is 0 Å². The van der Waals surface area contributed by atoms with E-state index >= 15 is 0 Å². The van der Waals surface area contributed by atoms with E-state index < -0.39 is 96.1 Å². The van der Waals surface area contributed by atoms with Crippen molar-refractivity contribution in [1.29, 1.82) is 0 Å². The molecule has 42 heavy (non-hydrogen) atoms. The number of aromatic hydroxyl groups is 3. The normalized spacial score (nSPS) is 33.5. The summed E-state index contributed by atoms with van der Waals surface area (Å²) in [5.41, 5.74) is -0.995. The first-order valence-corrected chi connectivity index (χ1v) is 12.9. The molecule has 15 heteroatoms. The number of phenolic OH excluding ortho intramolecular Hbond substituents is 3. The van der Waals surface area contributed by atoms with Crippen LogP contribution in [0.25, 0.3) is 22.3 Å². The number of rotatable bonds is 6. The van der Waals surface area contributed by atoms with Crippen LogP contribution in [0, 0.1) is 0 Å². The fourth-order valence-corrected chi connectivity index (χ4v) is 4.87. The second-order valence-electron chi connectivity index (χ2n) is 10.1. The summed E-state index contributed by atoms with van der Waals surface area (Å²) >= 11 is 0. The highest BCUT2D eigenvalue weighted by atomic mass is 16.8. The van der Waals surface area contributed by atoms with Crippen LogP contribution in [0.5, 0.6) is 23.0 Å². The number of hydrogen-bond donors (Lipinski definition) is 9. The summed E-state index contributed by atoms with van der Waals surface area (Å²) in [6.45, 7) is 0.593. The average Bonchev–Trinajstić information content (AvgIpc) is 2.95. The molecule has 5 rings (SSSR count). The number of phenols is 3. The van der Waals surface area contributed by atoms with Crippen LogP contribution in [0.3, 0.4) is 0 Å². The summed E-state index contributed by atoms with van der Waals surface area (Å²) in [6, 6.07) is 7.31. The smallest absolute Gasteiger partial charge is 0.239 e. The van der Waals surface area contributed by atoms with Crippen LogP contribution in [-0.4, -0.2) is 114 Å². The van der Waals surface area contributed by atoms with Crippen LogP contribution >= 0.6 is 0 Å². The maximum atomic E-state index is 13.7. The maximum Gasteiger partial charge on any atom is 0.239 e. The molecule has 0 radical (unpaired) electrons. The zero-order chi connectivity index (χ0) is 30.5. The van der Waals surface area contributed by atoms with Gasteiger partial charge in [0, 0.05) is 17.7 Å². The number of ether oxygens (including phenoxy) is 4. The Morgan fingerprint density at radius 2 is 1.50 bits per heavy atom. The van der Waals surface area contributed by atoms with Crippen LogP contribution in [0.1, 0.15) is 6.92 Å². The molecule has 2 aliphatic heterocycles. The second kappa shape index (κ2) is 11.6. The van der Waals surface area contributed by atoms with E-state index in [9.17, 15) is 50.8 Å². The van der Waals surface area contributed by atoms with E-state index in [1.165, 1.54) is 31.2 Å². The lowest BCUT2D eigenvalue weighted by Gasteiger charge is -2.45. The van der Waals surface area contributed by atoms with Crippen LogP contribution in [-0.2, 0) is 14.2 Å². The van der Waals surface area contributed by atoms with Crippen LogP contribution < -0.4 is 10.2 Å². The monoisotopic (exact) mass is 594 g/mol. The molecule has 2 saturated heterocycles. The molecule has 3 aromatic rings. The summed E-state index contributed by atoms with van der Waals surface area (Å²) in [5.74, 6) is -2.03. The van der Waals surface area contributed by atoms with Gasteiger partial charge in [0.1, 0.15) is 64.8 Å². The van der Waals surface area contributed by atoms with Gasteiger partial charge in [0.2, 0.25) is 17.5 Å². The summed E-state index contributed by atoms with van der Waals surface area (Å²) in [7, 11) is 0. The molecule has 1 aromatic heterocycles. The zero-order valence-electron chi connectivity index (χ0n) is 21.9. The van der Waals surface area contributed by atoms with Gasteiger partial charge in [-0.05, 0) is 31.2 Å². The Morgan fingerprint density at radius 3 is 2.17 bits per heavy atom. The van der Waals surface area contributed by atoms with Gasteiger partial charge in [0.25, 0.3) is 0 Å². The SMILES string of the molecule is C[C@H]1O[C@H](O[C@@H]2[C@@H](Oc3c(-c4ccc(O)cc4)oc4cc(O)cc(O)c4c3=O)O[C@@H](CO)[C@H](O)[C@H]2O)[C@@H](O)[C@@H](O)[C@@H]1O. The molecule has 9 N–H and O–H groups in total. The van der Waals surface area contributed by atoms with Crippen LogP contribution in [0.15, 0.2) is 45.6 Å². The van der Waals surface area contributed by atoms with E-state index in [2.05, 4.69) is 0 Å². The summed E-state index contributed by atoms with van der Waals surface area (Å²) in [4.78, 5) is 13.7. The van der Waals surface area contributed by atoms with E-state index in [4.69, 9.17) is 23.4 Å². The lowest BCUT2D eigenvalue weighted by Crippen LogP contribution is -2.64. The van der Waals surface area contributed by atoms with Crippen molar-refractivity contribution >= 4 is 11.0 Å². The van der Waals surface area contributed by atoms with Gasteiger partial charge in [0.05, 0.1) is 12.7 Å². The van der Waals surface area contributed by atoms with Crippen molar-refractivity contribution in [2.75, 3.05) is 6.61 Å². The molecule has 3 heterocycles. The molecule has 228 valence electrons. The zero-order valence-corrected chi connectivity index (χ0v) is 21.9. The van der Waals surface area contributed by atoms with Gasteiger partial charge in [-0.2, -0.15) is 0 Å². The highest BCUT2D eigenvalue weighted by molar-refractivity contribution is 5.88. The molecule has 15 nitrogen and oxygen atoms in total. The summed E-state index contributed by atoms with van der Waals surface area (Å²) in [5, 5.41) is 91.6.